The largest absolute Gasteiger partial charge is 0.210 e. The molecule has 0 saturated carbocycles. The predicted molar refractivity (Wildman–Crippen MR) is 67.9 cm³/mol. The van der Waals surface area contributed by atoms with Crippen molar-refractivity contribution in [2.24, 2.45) is 12.5 Å². The minimum Gasteiger partial charge on any atom is -0.123 e. The van der Waals surface area contributed by atoms with Crippen LogP contribution in [0.1, 0.15) is 26.5 Å². The van der Waals surface area contributed by atoms with Crippen LogP contribution in [0.4, 0.5) is 0 Å². The van der Waals surface area contributed by atoms with Gasteiger partial charge in [0, 0.05) is 11.5 Å². The molecule has 90 valence electrons. The molecular weight excluding hydrogens is 210 g/mol. The number of nitrogens with zero attached hydrogens (tertiary/aromatic N) is 3. The summed E-state index contributed by atoms with van der Waals surface area (Å²) in [6, 6.07) is 10.3. The van der Waals surface area contributed by atoms with Crippen molar-refractivity contribution in [1.29, 1.82) is 0 Å². The molecule has 0 unspecified atom stereocenters. The maximum Gasteiger partial charge on any atom is 0.210 e. The molecule has 1 heterocycles. The van der Waals surface area contributed by atoms with Crippen molar-refractivity contribution in [1.82, 2.24) is 9.90 Å². The van der Waals surface area contributed by atoms with E-state index in [-0.39, 0.29) is 5.41 Å². The first kappa shape index (κ1) is 11.8. The van der Waals surface area contributed by atoms with Gasteiger partial charge in [-0.1, -0.05) is 39.0 Å². The van der Waals surface area contributed by atoms with Crippen molar-refractivity contribution in [2.45, 2.75) is 27.2 Å². The van der Waals surface area contributed by atoms with Gasteiger partial charge in [0.2, 0.25) is 6.20 Å². The van der Waals surface area contributed by atoms with Crippen LogP contribution in [-0.4, -0.2) is 9.90 Å². The zero-order valence-corrected chi connectivity index (χ0v) is 11.0. The standard InChI is InChI=1S/C14H20N3/c1-14(2,3)10-13-11-15-16(4)17(13)12-8-6-5-7-9-12/h5-9,11H,10H2,1-4H3/q+1. The summed E-state index contributed by atoms with van der Waals surface area (Å²) in [5.41, 5.74) is 2.66. The molecule has 0 spiro atoms. The van der Waals surface area contributed by atoms with E-state index >= 15 is 0 Å². The van der Waals surface area contributed by atoms with E-state index in [0.29, 0.717) is 0 Å². The first-order valence-corrected chi connectivity index (χ1v) is 5.96. The van der Waals surface area contributed by atoms with Crippen molar-refractivity contribution >= 4 is 0 Å². The molecular formula is C14H20N3+. The topological polar surface area (TPSA) is 21.7 Å². The third kappa shape index (κ3) is 2.73. The summed E-state index contributed by atoms with van der Waals surface area (Å²) in [5.74, 6) is 0. The Kier molecular flexibility index (Phi) is 3.01. The number of aryl methyl sites for hydroxylation is 1. The van der Waals surface area contributed by atoms with E-state index in [1.165, 1.54) is 5.69 Å². The van der Waals surface area contributed by atoms with Crippen LogP contribution < -0.4 is 4.68 Å². The number of hydrogen-bond acceptors (Lipinski definition) is 1. The molecule has 0 radical (unpaired) electrons. The summed E-state index contributed by atoms with van der Waals surface area (Å²) in [4.78, 5) is 1.89. The number of para-hydroxylation sites is 1. The molecule has 0 fully saturated rings. The summed E-state index contributed by atoms with van der Waals surface area (Å²) in [6.07, 6.45) is 2.97. The Bertz CT molecular complexity index is 492. The van der Waals surface area contributed by atoms with Gasteiger partial charge in [-0.2, -0.15) is 0 Å². The second-order valence-corrected chi connectivity index (χ2v) is 5.61. The molecule has 0 bridgehead atoms. The summed E-state index contributed by atoms with van der Waals surface area (Å²) >= 11 is 0. The summed E-state index contributed by atoms with van der Waals surface area (Å²) < 4.78 is 2.16. The minimum absolute atomic E-state index is 0.263. The van der Waals surface area contributed by atoms with Crippen molar-refractivity contribution in [2.75, 3.05) is 0 Å². The fraction of sp³-hybridized carbons (Fsp3) is 0.429. The zero-order valence-electron chi connectivity index (χ0n) is 11.0. The molecule has 1 aromatic carbocycles. The lowest BCUT2D eigenvalue weighted by atomic mass is 9.91. The summed E-state index contributed by atoms with van der Waals surface area (Å²) in [6.45, 7) is 6.74. The van der Waals surface area contributed by atoms with Crippen LogP contribution >= 0.6 is 0 Å². The molecule has 2 aromatic rings. The Morgan fingerprint density at radius 2 is 1.82 bits per heavy atom. The lowest BCUT2D eigenvalue weighted by Crippen LogP contribution is -2.43. The van der Waals surface area contributed by atoms with Gasteiger partial charge >= 0.3 is 0 Å². The number of benzene rings is 1. The highest BCUT2D eigenvalue weighted by Gasteiger charge is 2.22. The van der Waals surface area contributed by atoms with Crippen LogP contribution in [0, 0.1) is 5.41 Å². The summed E-state index contributed by atoms with van der Waals surface area (Å²) in [5, 5.41) is 4.36. The van der Waals surface area contributed by atoms with Crippen molar-refractivity contribution in [3.8, 4) is 5.69 Å². The second kappa shape index (κ2) is 4.32. The van der Waals surface area contributed by atoms with Gasteiger partial charge < -0.3 is 0 Å². The molecule has 0 saturated heterocycles. The molecule has 0 aliphatic heterocycles. The van der Waals surface area contributed by atoms with Crippen molar-refractivity contribution < 1.29 is 4.68 Å². The molecule has 0 aliphatic rings. The monoisotopic (exact) mass is 230 g/mol. The van der Waals surface area contributed by atoms with Crippen LogP contribution in [0.2, 0.25) is 0 Å². The highest BCUT2D eigenvalue weighted by Crippen LogP contribution is 2.18. The maximum atomic E-state index is 4.36. The van der Waals surface area contributed by atoms with Crippen LogP contribution in [0.25, 0.3) is 5.69 Å². The first-order chi connectivity index (χ1) is 7.97. The first-order valence-electron chi connectivity index (χ1n) is 5.96. The number of rotatable bonds is 2. The molecule has 0 N–H and O–H groups in total. The molecule has 0 aliphatic carbocycles. The smallest absolute Gasteiger partial charge is 0.123 e. The fourth-order valence-electron chi connectivity index (χ4n) is 2.01. The number of aromatic nitrogens is 3. The highest BCUT2D eigenvalue weighted by atomic mass is 15.5. The average Bonchev–Trinajstić information content (AvgIpc) is 2.58. The lowest BCUT2D eigenvalue weighted by Gasteiger charge is -2.15. The van der Waals surface area contributed by atoms with Crippen molar-refractivity contribution in [3.63, 3.8) is 0 Å². The Morgan fingerprint density at radius 3 is 2.41 bits per heavy atom. The zero-order chi connectivity index (χ0) is 12.5. The van der Waals surface area contributed by atoms with Crippen LogP contribution in [0.3, 0.4) is 0 Å². The van der Waals surface area contributed by atoms with Crippen molar-refractivity contribution in [3.05, 3.63) is 42.2 Å². The Labute approximate surface area is 103 Å². The van der Waals surface area contributed by atoms with E-state index < -0.39 is 0 Å². The van der Waals surface area contributed by atoms with Gasteiger partial charge in [0.15, 0.2) is 11.4 Å². The van der Waals surface area contributed by atoms with Gasteiger partial charge in [-0.25, -0.2) is 0 Å². The maximum absolute atomic E-state index is 4.36. The molecule has 17 heavy (non-hydrogen) atoms. The van der Waals surface area contributed by atoms with Gasteiger partial charge in [0.1, 0.15) is 0 Å². The molecule has 0 amide bonds. The van der Waals surface area contributed by atoms with Gasteiger partial charge in [0.25, 0.3) is 0 Å². The fourth-order valence-corrected chi connectivity index (χ4v) is 2.01. The molecule has 3 nitrogen and oxygen atoms in total. The van der Waals surface area contributed by atoms with Crippen LogP contribution in [0.5, 0.6) is 0 Å². The quantitative estimate of drug-likeness (QED) is 0.725. The predicted octanol–water partition coefficient (Wildman–Crippen LogP) is 2.29. The SMILES string of the molecule is Cn1ncc(CC(C)(C)C)[n+]1-c1ccccc1. The van der Waals surface area contributed by atoms with E-state index in [9.17, 15) is 0 Å². The molecule has 2 rings (SSSR count). The third-order valence-corrected chi connectivity index (χ3v) is 2.65. The van der Waals surface area contributed by atoms with E-state index in [1.54, 1.807) is 0 Å². The third-order valence-electron chi connectivity index (χ3n) is 2.65. The molecule has 1 aromatic heterocycles. The minimum atomic E-state index is 0.263. The second-order valence-electron chi connectivity index (χ2n) is 5.61. The number of hydrogen-bond donors (Lipinski definition) is 0. The lowest BCUT2D eigenvalue weighted by molar-refractivity contribution is -0.695. The highest BCUT2D eigenvalue weighted by molar-refractivity contribution is 5.21. The van der Waals surface area contributed by atoms with E-state index in [0.717, 1.165) is 12.1 Å². The Morgan fingerprint density at radius 1 is 1.18 bits per heavy atom. The van der Waals surface area contributed by atoms with Gasteiger partial charge in [-0.15, -0.1) is 4.68 Å². The van der Waals surface area contributed by atoms with E-state index in [2.05, 4.69) is 54.8 Å². The van der Waals surface area contributed by atoms with E-state index in [1.807, 2.05) is 24.1 Å². The van der Waals surface area contributed by atoms with Gasteiger partial charge in [0.05, 0.1) is 7.05 Å². The molecule has 3 heteroatoms. The molecule has 0 atom stereocenters. The van der Waals surface area contributed by atoms with Gasteiger partial charge in [-0.3, -0.25) is 0 Å². The van der Waals surface area contributed by atoms with Gasteiger partial charge in [-0.05, 0) is 22.3 Å². The van der Waals surface area contributed by atoms with Crippen LogP contribution in [0.15, 0.2) is 36.5 Å². The van der Waals surface area contributed by atoms with Crippen LogP contribution in [-0.2, 0) is 13.5 Å². The Balaban J connectivity index is 2.44. The normalized spacial score (nSPS) is 11.8. The summed E-state index contributed by atoms with van der Waals surface area (Å²) in [7, 11) is 1.97. The Hall–Kier alpha value is -1.64. The van der Waals surface area contributed by atoms with E-state index in [4.69, 9.17) is 0 Å². The average molecular weight is 230 g/mol.